The van der Waals surface area contributed by atoms with Gasteiger partial charge >= 0.3 is 0 Å². The van der Waals surface area contributed by atoms with Crippen LogP contribution in [0.3, 0.4) is 0 Å². The number of nitrogens with two attached hydrogens (primary N) is 1. The molecule has 1 fully saturated rings. The molecule has 0 spiro atoms. The van der Waals surface area contributed by atoms with E-state index in [2.05, 4.69) is 26.7 Å². The number of carbonyl (C=O) groups is 1. The number of rotatable bonds is 5. The molecule has 3 N–H and O–H groups in total. The third-order valence-corrected chi connectivity index (χ3v) is 6.25. The van der Waals surface area contributed by atoms with Gasteiger partial charge in [-0.05, 0) is 37.5 Å². The molecule has 1 aliphatic heterocycles. The van der Waals surface area contributed by atoms with Crippen molar-refractivity contribution >= 4 is 23.7 Å². The van der Waals surface area contributed by atoms with Crippen molar-refractivity contribution in [1.29, 1.82) is 0 Å². The Morgan fingerprint density at radius 3 is 2.72 bits per heavy atom. The van der Waals surface area contributed by atoms with Gasteiger partial charge in [0.1, 0.15) is 18.4 Å². The highest BCUT2D eigenvalue weighted by atomic mass is 35.5. The van der Waals surface area contributed by atoms with Crippen molar-refractivity contribution in [2.24, 2.45) is 5.73 Å². The van der Waals surface area contributed by atoms with Crippen molar-refractivity contribution in [3.05, 3.63) is 52.4 Å². The lowest BCUT2D eigenvalue weighted by Gasteiger charge is -2.45. The molecule has 4 atom stereocenters. The number of halogens is 1. The first kappa shape index (κ1) is 20.2. The van der Waals surface area contributed by atoms with Gasteiger partial charge in [-0.3, -0.25) is 4.90 Å². The number of hydrogen-bond acceptors (Lipinski definition) is 7. The first-order valence-corrected chi connectivity index (χ1v) is 10.4. The predicted molar refractivity (Wildman–Crippen MR) is 112 cm³/mol. The third kappa shape index (κ3) is 3.88. The highest BCUT2D eigenvalue weighted by Crippen LogP contribution is 2.36. The van der Waals surface area contributed by atoms with Gasteiger partial charge in [-0.2, -0.15) is 0 Å². The summed E-state index contributed by atoms with van der Waals surface area (Å²) in [4.78, 5) is 24.9. The van der Waals surface area contributed by atoms with E-state index in [1.165, 1.54) is 0 Å². The molecule has 2 aromatic rings. The maximum Gasteiger partial charge on any atom is 0.138 e. The van der Waals surface area contributed by atoms with Gasteiger partial charge in [0.05, 0.1) is 23.9 Å². The molecular formula is C21H26ClN5O2. The Labute approximate surface area is 175 Å². The number of nitrogens with zero attached hydrogens (tertiary/aromatic N) is 4. The van der Waals surface area contributed by atoms with Crippen molar-refractivity contribution in [2.45, 2.75) is 44.0 Å². The Morgan fingerprint density at radius 1 is 1.28 bits per heavy atom. The Hall–Kier alpha value is -2.06. The highest BCUT2D eigenvalue weighted by molar-refractivity contribution is 6.30. The van der Waals surface area contributed by atoms with E-state index < -0.39 is 12.1 Å². The molecule has 2 aliphatic rings. The van der Waals surface area contributed by atoms with Gasteiger partial charge in [0, 0.05) is 36.3 Å². The predicted octanol–water partition coefficient (Wildman–Crippen LogP) is 1.89. The van der Waals surface area contributed by atoms with Gasteiger partial charge in [0.25, 0.3) is 0 Å². The number of fused-ring (bicyclic) bond motifs is 1. The van der Waals surface area contributed by atoms with Gasteiger partial charge in [0.15, 0.2) is 0 Å². The summed E-state index contributed by atoms with van der Waals surface area (Å²) in [7, 11) is 0. The maximum atomic E-state index is 11.5. The van der Waals surface area contributed by atoms with Crippen molar-refractivity contribution in [3.8, 4) is 0 Å². The van der Waals surface area contributed by atoms with E-state index >= 15 is 0 Å². The second-order valence-electron chi connectivity index (χ2n) is 7.86. The van der Waals surface area contributed by atoms with E-state index in [0.29, 0.717) is 11.4 Å². The van der Waals surface area contributed by atoms with Gasteiger partial charge < -0.3 is 20.5 Å². The second-order valence-corrected chi connectivity index (χ2v) is 8.30. The average Bonchev–Trinajstić information content (AvgIpc) is 3.11. The van der Waals surface area contributed by atoms with Crippen LogP contribution in [0.1, 0.15) is 42.3 Å². The van der Waals surface area contributed by atoms with Crippen LogP contribution >= 0.6 is 11.6 Å². The zero-order chi connectivity index (χ0) is 20.5. The first-order chi connectivity index (χ1) is 14.0. The molecule has 1 aliphatic carbocycles. The number of aliphatic hydroxyl groups excluding tert-OH is 1. The average molecular weight is 416 g/mol. The lowest BCUT2D eigenvalue weighted by Crippen LogP contribution is -2.56. The normalized spacial score (nSPS) is 24.2. The van der Waals surface area contributed by atoms with Crippen LogP contribution < -0.4 is 10.6 Å². The highest BCUT2D eigenvalue weighted by Gasteiger charge is 2.35. The lowest BCUT2D eigenvalue weighted by atomic mass is 9.97. The number of aromatic nitrogens is 2. The summed E-state index contributed by atoms with van der Waals surface area (Å²) in [5.74, 6) is 0.918. The molecular weight excluding hydrogens is 390 g/mol. The lowest BCUT2D eigenvalue weighted by molar-refractivity contribution is -0.110. The van der Waals surface area contributed by atoms with E-state index in [1.54, 1.807) is 6.33 Å². The van der Waals surface area contributed by atoms with Crippen LogP contribution in [0.5, 0.6) is 0 Å². The van der Waals surface area contributed by atoms with Gasteiger partial charge in [0.2, 0.25) is 0 Å². The summed E-state index contributed by atoms with van der Waals surface area (Å²) in [5, 5.41) is 10.8. The third-order valence-electron chi connectivity index (χ3n) is 6.00. The van der Waals surface area contributed by atoms with Gasteiger partial charge in [-0.15, -0.1) is 0 Å². The zero-order valence-electron chi connectivity index (χ0n) is 16.4. The molecule has 2 unspecified atom stereocenters. The summed E-state index contributed by atoms with van der Waals surface area (Å²) >= 11 is 6.03. The smallest absolute Gasteiger partial charge is 0.138 e. The standard InChI is InChI=1S/C21H26ClN5O2/c1-13-10-26(20(17(23)11-28)14-2-4-15(22)5-3-14)8-9-27(13)21-16-6-7-18(29)19(16)24-12-25-21/h2-5,11-13,17-18,20,29H,6-10,23H2,1H3/t13-,17?,18+,20?/m0/s1. The van der Waals surface area contributed by atoms with E-state index in [-0.39, 0.29) is 12.1 Å². The minimum Gasteiger partial charge on any atom is -0.387 e. The van der Waals surface area contributed by atoms with Crippen LogP contribution in [0.4, 0.5) is 5.82 Å². The monoisotopic (exact) mass is 415 g/mol. The van der Waals surface area contributed by atoms with Crippen LogP contribution in [0.25, 0.3) is 0 Å². The van der Waals surface area contributed by atoms with Crippen LogP contribution in [0, 0.1) is 0 Å². The molecule has 1 aromatic carbocycles. The van der Waals surface area contributed by atoms with E-state index in [1.807, 2.05) is 24.3 Å². The Kier molecular flexibility index (Phi) is 5.83. The molecule has 7 nitrogen and oxygen atoms in total. The molecule has 0 amide bonds. The fraction of sp³-hybridized carbons (Fsp3) is 0.476. The van der Waals surface area contributed by atoms with Crippen molar-refractivity contribution < 1.29 is 9.90 Å². The Balaban J connectivity index is 1.56. The number of benzene rings is 1. The number of carbonyl (C=O) groups excluding carboxylic acids is 1. The molecule has 1 saturated heterocycles. The number of aliphatic hydroxyl groups is 1. The SMILES string of the molecule is C[C@H]1CN(C(c2ccc(Cl)cc2)C(N)C=O)CCN1c1ncnc2c1CC[C@H]2O. The largest absolute Gasteiger partial charge is 0.387 e. The molecule has 29 heavy (non-hydrogen) atoms. The minimum atomic E-state index is -0.617. The topological polar surface area (TPSA) is 95.6 Å². The number of piperazine rings is 1. The number of aldehydes is 1. The molecule has 2 heterocycles. The molecule has 8 heteroatoms. The van der Waals surface area contributed by atoms with E-state index in [0.717, 1.165) is 55.0 Å². The Morgan fingerprint density at radius 2 is 2.03 bits per heavy atom. The maximum absolute atomic E-state index is 11.5. The zero-order valence-corrected chi connectivity index (χ0v) is 17.2. The van der Waals surface area contributed by atoms with E-state index in [9.17, 15) is 9.90 Å². The fourth-order valence-electron chi connectivity index (χ4n) is 4.57. The Bertz CT molecular complexity index is 878. The van der Waals surface area contributed by atoms with Crippen molar-refractivity contribution in [2.75, 3.05) is 24.5 Å². The molecule has 4 rings (SSSR count). The number of hydrogen-bond donors (Lipinski definition) is 2. The molecule has 154 valence electrons. The molecule has 0 radical (unpaired) electrons. The molecule has 0 bridgehead atoms. The van der Waals surface area contributed by atoms with Gasteiger partial charge in [-0.25, -0.2) is 9.97 Å². The number of anilines is 1. The van der Waals surface area contributed by atoms with E-state index in [4.69, 9.17) is 17.3 Å². The first-order valence-electron chi connectivity index (χ1n) is 9.98. The van der Waals surface area contributed by atoms with Crippen LogP contribution in [-0.2, 0) is 11.2 Å². The molecule has 0 saturated carbocycles. The van der Waals surface area contributed by atoms with Crippen LogP contribution in [-0.4, -0.2) is 58.0 Å². The summed E-state index contributed by atoms with van der Waals surface area (Å²) in [6, 6.07) is 6.89. The second kappa shape index (κ2) is 8.36. The summed E-state index contributed by atoms with van der Waals surface area (Å²) in [6.45, 7) is 4.41. The quantitative estimate of drug-likeness (QED) is 0.720. The summed E-state index contributed by atoms with van der Waals surface area (Å²) < 4.78 is 0. The van der Waals surface area contributed by atoms with Crippen molar-refractivity contribution in [3.63, 3.8) is 0 Å². The van der Waals surface area contributed by atoms with Crippen molar-refractivity contribution in [1.82, 2.24) is 14.9 Å². The summed E-state index contributed by atoms with van der Waals surface area (Å²) in [5.41, 5.74) is 8.99. The molecule has 1 aromatic heterocycles. The summed E-state index contributed by atoms with van der Waals surface area (Å²) in [6.07, 6.45) is 3.35. The van der Waals surface area contributed by atoms with Crippen LogP contribution in [0.15, 0.2) is 30.6 Å². The minimum absolute atomic E-state index is 0.175. The van der Waals surface area contributed by atoms with Crippen LogP contribution in [0.2, 0.25) is 5.02 Å². The fourth-order valence-corrected chi connectivity index (χ4v) is 4.70. The van der Waals surface area contributed by atoms with Gasteiger partial charge in [-0.1, -0.05) is 23.7 Å².